The van der Waals surface area contributed by atoms with Gasteiger partial charge in [-0.15, -0.1) is 0 Å². The second-order valence-electron chi connectivity index (χ2n) is 3.88. The summed E-state index contributed by atoms with van der Waals surface area (Å²) in [6.07, 6.45) is 1.67. The van der Waals surface area contributed by atoms with Crippen LogP contribution in [0.5, 0.6) is 0 Å². The van der Waals surface area contributed by atoms with Crippen molar-refractivity contribution in [2.24, 2.45) is 0 Å². The van der Waals surface area contributed by atoms with E-state index in [2.05, 4.69) is 31.8 Å². The lowest BCUT2D eigenvalue weighted by Gasteiger charge is -2.28. The minimum atomic E-state index is -0.541. The van der Waals surface area contributed by atoms with Crippen LogP contribution in [0.25, 0.3) is 0 Å². The first-order chi connectivity index (χ1) is 8.79. The summed E-state index contributed by atoms with van der Waals surface area (Å²) in [5, 5.41) is 3.29. The lowest BCUT2D eigenvalue weighted by Crippen LogP contribution is -2.43. The van der Waals surface area contributed by atoms with Gasteiger partial charge < -0.3 is 15.0 Å². The van der Waals surface area contributed by atoms with Crippen LogP contribution in [0.2, 0.25) is 0 Å². The van der Waals surface area contributed by atoms with E-state index in [9.17, 15) is 4.79 Å². The third kappa shape index (κ3) is 3.22. The number of carbonyl (C=O) groups excluding carboxylic acids is 1. The molecule has 1 N–H and O–H groups in total. The Morgan fingerprint density at radius 3 is 2.83 bits per heavy atom. The predicted octanol–water partition coefficient (Wildman–Crippen LogP) is 0.0157. The zero-order valence-corrected chi connectivity index (χ0v) is 10.3. The van der Waals surface area contributed by atoms with Gasteiger partial charge in [0, 0.05) is 43.9 Å². The number of hydrogen-bond donors (Lipinski definition) is 1. The average molecular weight is 245 g/mol. The van der Waals surface area contributed by atoms with Gasteiger partial charge in [-0.05, 0) is 12.1 Å². The normalized spacial score (nSPS) is 14.6. The molecule has 1 saturated heterocycles. The van der Waals surface area contributed by atoms with Crippen molar-refractivity contribution in [1.82, 2.24) is 10.3 Å². The van der Waals surface area contributed by atoms with Crippen molar-refractivity contribution in [3.63, 3.8) is 0 Å². The first-order valence-corrected chi connectivity index (χ1v) is 5.81. The number of ether oxygens (including phenoxy) is 1. The molecule has 1 aliphatic rings. The summed E-state index contributed by atoms with van der Waals surface area (Å²) in [7, 11) is 1.31. The molecule has 0 aromatic carbocycles. The van der Waals surface area contributed by atoms with Crippen LogP contribution in [0.4, 0.5) is 5.82 Å². The van der Waals surface area contributed by atoms with Crippen molar-refractivity contribution in [2.45, 2.75) is 0 Å². The first-order valence-electron chi connectivity index (χ1n) is 5.81. The molecule has 94 valence electrons. The molecule has 5 nitrogen and oxygen atoms in total. The number of nitrogens with one attached hydrogen (secondary N) is 1. The van der Waals surface area contributed by atoms with Gasteiger partial charge in [-0.3, -0.25) is 0 Å². The molecular formula is C13H15N3O2. The Morgan fingerprint density at radius 2 is 2.22 bits per heavy atom. The highest BCUT2D eigenvalue weighted by Crippen LogP contribution is 2.11. The van der Waals surface area contributed by atoms with Crippen molar-refractivity contribution >= 4 is 11.8 Å². The number of anilines is 1. The third-order valence-corrected chi connectivity index (χ3v) is 2.68. The molecule has 0 amide bonds. The summed E-state index contributed by atoms with van der Waals surface area (Å²) < 4.78 is 4.44. The predicted molar refractivity (Wildman–Crippen MR) is 68.2 cm³/mol. The molecule has 0 unspecified atom stereocenters. The number of pyridine rings is 1. The van der Waals surface area contributed by atoms with Gasteiger partial charge in [0.1, 0.15) is 5.82 Å². The molecule has 0 saturated carbocycles. The number of carbonyl (C=O) groups is 1. The second kappa shape index (κ2) is 6.03. The molecule has 0 bridgehead atoms. The molecule has 18 heavy (non-hydrogen) atoms. The van der Waals surface area contributed by atoms with E-state index < -0.39 is 5.97 Å². The molecule has 0 spiro atoms. The van der Waals surface area contributed by atoms with Crippen LogP contribution in [0.3, 0.4) is 0 Å². The van der Waals surface area contributed by atoms with Gasteiger partial charge in [0.05, 0.1) is 7.11 Å². The zero-order valence-electron chi connectivity index (χ0n) is 10.3. The van der Waals surface area contributed by atoms with Crippen LogP contribution in [0.1, 0.15) is 5.56 Å². The fourth-order valence-electron chi connectivity index (χ4n) is 1.72. The first kappa shape index (κ1) is 12.4. The number of esters is 1. The molecule has 1 aromatic rings. The molecule has 0 aliphatic carbocycles. The van der Waals surface area contributed by atoms with E-state index in [1.165, 1.54) is 7.11 Å². The van der Waals surface area contributed by atoms with E-state index >= 15 is 0 Å². The Balaban J connectivity index is 2.04. The molecule has 0 radical (unpaired) electrons. The minimum Gasteiger partial charge on any atom is -0.459 e. The van der Waals surface area contributed by atoms with Crippen LogP contribution in [0.15, 0.2) is 18.3 Å². The number of rotatable bonds is 1. The molecule has 2 rings (SSSR count). The standard InChI is InChI=1S/C13H15N3O2/c1-18-13(17)5-3-11-2-4-12(15-10-11)16-8-6-14-7-9-16/h2,4,10,14H,6-9H2,1H3. The van der Waals surface area contributed by atoms with E-state index in [1.807, 2.05) is 12.1 Å². The Morgan fingerprint density at radius 1 is 1.44 bits per heavy atom. The van der Waals surface area contributed by atoms with Crippen molar-refractivity contribution in [3.05, 3.63) is 23.9 Å². The van der Waals surface area contributed by atoms with Gasteiger partial charge in [-0.2, -0.15) is 0 Å². The summed E-state index contributed by atoms with van der Waals surface area (Å²) in [5.74, 6) is 5.48. The summed E-state index contributed by atoms with van der Waals surface area (Å²) in [6, 6.07) is 3.78. The van der Waals surface area contributed by atoms with Crippen LogP contribution in [-0.2, 0) is 9.53 Å². The van der Waals surface area contributed by atoms with Gasteiger partial charge in [0.2, 0.25) is 0 Å². The topological polar surface area (TPSA) is 54.5 Å². The van der Waals surface area contributed by atoms with Crippen molar-refractivity contribution in [3.8, 4) is 11.8 Å². The summed E-state index contributed by atoms with van der Waals surface area (Å²) in [4.78, 5) is 17.4. The zero-order chi connectivity index (χ0) is 12.8. The molecule has 5 heteroatoms. The molecule has 2 heterocycles. The monoisotopic (exact) mass is 245 g/mol. The van der Waals surface area contributed by atoms with Crippen LogP contribution >= 0.6 is 0 Å². The van der Waals surface area contributed by atoms with Gasteiger partial charge in [0.25, 0.3) is 0 Å². The number of hydrogen-bond acceptors (Lipinski definition) is 5. The van der Waals surface area contributed by atoms with Gasteiger partial charge >= 0.3 is 5.97 Å². The van der Waals surface area contributed by atoms with E-state index in [0.29, 0.717) is 5.56 Å². The Bertz CT molecular complexity index is 467. The molecule has 0 atom stereocenters. The quantitative estimate of drug-likeness (QED) is 0.558. The van der Waals surface area contributed by atoms with Crippen LogP contribution < -0.4 is 10.2 Å². The highest BCUT2D eigenvalue weighted by Gasteiger charge is 2.10. The van der Waals surface area contributed by atoms with Crippen molar-refractivity contribution in [2.75, 3.05) is 38.2 Å². The Kier molecular flexibility index (Phi) is 4.15. The smallest absolute Gasteiger partial charge is 0.384 e. The molecule has 1 aliphatic heterocycles. The maximum absolute atomic E-state index is 10.9. The van der Waals surface area contributed by atoms with Crippen LogP contribution in [0, 0.1) is 11.8 Å². The van der Waals surface area contributed by atoms with Gasteiger partial charge in [0.15, 0.2) is 0 Å². The van der Waals surface area contributed by atoms with Crippen molar-refractivity contribution < 1.29 is 9.53 Å². The number of aromatic nitrogens is 1. The fourth-order valence-corrected chi connectivity index (χ4v) is 1.72. The van der Waals surface area contributed by atoms with Crippen molar-refractivity contribution in [1.29, 1.82) is 0 Å². The largest absolute Gasteiger partial charge is 0.459 e. The van der Waals surface area contributed by atoms with E-state index in [4.69, 9.17) is 0 Å². The van der Waals surface area contributed by atoms with E-state index in [1.54, 1.807) is 6.20 Å². The minimum absolute atomic E-state index is 0.541. The number of methoxy groups -OCH3 is 1. The van der Waals surface area contributed by atoms with Gasteiger partial charge in [-0.1, -0.05) is 5.92 Å². The van der Waals surface area contributed by atoms with Gasteiger partial charge in [-0.25, -0.2) is 9.78 Å². The maximum Gasteiger partial charge on any atom is 0.384 e. The fraction of sp³-hybridized carbons (Fsp3) is 0.385. The molecule has 1 aromatic heterocycles. The SMILES string of the molecule is COC(=O)C#Cc1ccc(N2CCNCC2)nc1. The number of piperazine rings is 1. The lowest BCUT2D eigenvalue weighted by molar-refractivity contribution is -0.133. The molecular weight excluding hydrogens is 230 g/mol. The number of nitrogens with zero attached hydrogens (tertiary/aromatic N) is 2. The second-order valence-corrected chi connectivity index (χ2v) is 3.88. The maximum atomic E-state index is 10.9. The lowest BCUT2D eigenvalue weighted by atomic mass is 10.2. The average Bonchev–Trinajstić information content (AvgIpc) is 2.46. The summed E-state index contributed by atoms with van der Waals surface area (Å²) >= 11 is 0. The summed E-state index contributed by atoms with van der Waals surface area (Å²) in [6.45, 7) is 3.87. The Labute approximate surface area is 106 Å². The highest BCUT2D eigenvalue weighted by atomic mass is 16.5. The molecule has 1 fully saturated rings. The Hall–Kier alpha value is -2.06. The summed E-state index contributed by atoms with van der Waals surface area (Å²) in [5.41, 5.74) is 0.708. The highest BCUT2D eigenvalue weighted by molar-refractivity contribution is 5.88. The van der Waals surface area contributed by atoms with Crippen LogP contribution in [-0.4, -0.2) is 44.2 Å². The van der Waals surface area contributed by atoms with E-state index in [0.717, 1.165) is 32.0 Å². The van der Waals surface area contributed by atoms with E-state index in [-0.39, 0.29) is 0 Å². The third-order valence-electron chi connectivity index (χ3n) is 2.68.